The Morgan fingerprint density at radius 2 is 1.82 bits per heavy atom. The summed E-state index contributed by atoms with van der Waals surface area (Å²) >= 11 is 0. The molecule has 2 heterocycles. The Labute approximate surface area is 262 Å². The van der Waals surface area contributed by atoms with Crippen LogP contribution in [0.15, 0.2) is 84.0 Å². The van der Waals surface area contributed by atoms with E-state index in [1.807, 2.05) is 53.4 Å². The summed E-state index contributed by atoms with van der Waals surface area (Å²) < 4.78 is 30.9. The van der Waals surface area contributed by atoms with E-state index in [-0.39, 0.29) is 11.2 Å². The molecule has 4 aromatic rings. The lowest BCUT2D eigenvalue weighted by atomic mass is 10.0. The van der Waals surface area contributed by atoms with E-state index >= 15 is 0 Å². The summed E-state index contributed by atoms with van der Waals surface area (Å²) in [6, 6.07) is 16.7. The van der Waals surface area contributed by atoms with Crippen LogP contribution in [0.3, 0.4) is 0 Å². The highest BCUT2D eigenvalue weighted by Crippen LogP contribution is 2.28. The van der Waals surface area contributed by atoms with E-state index in [9.17, 15) is 23.1 Å². The molecule has 12 nitrogen and oxygen atoms in total. The van der Waals surface area contributed by atoms with Crippen molar-refractivity contribution in [2.24, 2.45) is 0 Å². The molecule has 1 aliphatic rings. The maximum Gasteiger partial charge on any atom is 0.323 e. The van der Waals surface area contributed by atoms with E-state index in [4.69, 9.17) is 0 Å². The van der Waals surface area contributed by atoms with Crippen molar-refractivity contribution in [3.05, 3.63) is 95.8 Å². The molecule has 0 fully saturated rings. The van der Waals surface area contributed by atoms with Gasteiger partial charge in [0, 0.05) is 31.6 Å². The second-order valence-electron chi connectivity index (χ2n) is 10.9. The number of carbonyl (C=O) groups excluding carboxylic acids is 1. The number of hydrogen-bond acceptors (Lipinski definition) is 8. The minimum atomic E-state index is -4.24. The van der Waals surface area contributed by atoms with Gasteiger partial charge in [0.2, 0.25) is 10.0 Å². The number of aliphatic carboxylic acids is 1. The monoisotopic (exact) mass is 631 g/mol. The molecule has 0 aliphatic carbocycles. The van der Waals surface area contributed by atoms with Crippen molar-refractivity contribution in [1.82, 2.24) is 35.8 Å². The van der Waals surface area contributed by atoms with Crippen molar-refractivity contribution in [1.29, 1.82) is 0 Å². The number of nitrogens with one attached hydrogen (secondary N) is 5. The Hall–Kier alpha value is -4.56. The number of hydrogen-bond donors (Lipinski definition) is 6. The van der Waals surface area contributed by atoms with Crippen molar-refractivity contribution in [3.8, 4) is 11.1 Å². The first-order valence-electron chi connectivity index (χ1n) is 14.7. The standard InChI is InChI=1S/C32H37N7O5S/c1-21-17-24(23-9-4-3-5-10-23)18-22(2)29(21)45(43,44)38-27(31(41)42)20-36-30(40)25-11-6-12-28-26(25)19-37-39(28)16-8-15-35-32-33-13-7-14-34-32/h3-7,9-13,17-19,27,32-35,38H,8,14-16,20H2,1-2H3,(H,36,40)(H,41,42). The fourth-order valence-electron chi connectivity index (χ4n) is 5.44. The van der Waals surface area contributed by atoms with Gasteiger partial charge in [0.1, 0.15) is 12.3 Å². The van der Waals surface area contributed by atoms with Crippen LogP contribution in [0.1, 0.15) is 27.9 Å². The minimum absolute atomic E-state index is 0.00649. The molecule has 0 saturated heterocycles. The van der Waals surface area contributed by atoms with E-state index < -0.39 is 34.5 Å². The number of fused-ring (bicyclic) bond motifs is 1. The van der Waals surface area contributed by atoms with Gasteiger partial charge in [-0.2, -0.15) is 9.82 Å². The summed E-state index contributed by atoms with van der Waals surface area (Å²) in [6.07, 6.45) is 6.31. The van der Waals surface area contributed by atoms with Gasteiger partial charge >= 0.3 is 5.97 Å². The van der Waals surface area contributed by atoms with Crippen molar-refractivity contribution in [2.45, 2.75) is 44.0 Å². The van der Waals surface area contributed by atoms with Gasteiger partial charge in [-0.1, -0.05) is 54.6 Å². The number of rotatable bonds is 13. The number of amides is 1. The van der Waals surface area contributed by atoms with Crippen LogP contribution in [-0.2, 0) is 21.4 Å². The number of carboxylic acids is 1. The molecule has 6 N–H and O–H groups in total. The predicted octanol–water partition coefficient (Wildman–Crippen LogP) is 2.45. The third-order valence-electron chi connectivity index (χ3n) is 7.55. The van der Waals surface area contributed by atoms with Gasteiger partial charge < -0.3 is 15.7 Å². The van der Waals surface area contributed by atoms with Crippen molar-refractivity contribution in [2.75, 3.05) is 19.6 Å². The number of aromatic nitrogens is 2. The molecule has 45 heavy (non-hydrogen) atoms. The molecule has 1 aliphatic heterocycles. The molecule has 2 atom stereocenters. The second-order valence-corrected chi connectivity index (χ2v) is 12.5. The van der Waals surface area contributed by atoms with Crippen molar-refractivity contribution in [3.63, 3.8) is 0 Å². The maximum absolute atomic E-state index is 13.4. The fourth-order valence-corrected chi connectivity index (χ4v) is 7.08. The molecule has 5 rings (SSSR count). The van der Waals surface area contributed by atoms with Crippen molar-refractivity contribution >= 4 is 32.8 Å². The second kappa shape index (κ2) is 14.0. The highest BCUT2D eigenvalue weighted by Gasteiger charge is 2.29. The van der Waals surface area contributed by atoms with Gasteiger partial charge in [0.05, 0.1) is 22.2 Å². The van der Waals surface area contributed by atoms with Gasteiger partial charge in [-0.05, 0) is 60.9 Å². The molecule has 0 saturated carbocycles. The lowest BCUT2D eigenvalue weighted by molar-refractivity contribution is -0.138. The summed E-state index contributed by atoms with van der Waals surface area (Å²) in [6.45, 7) is 5.04. The lowest BCUT2D eigenvalue weighted by Crippen LogP contribution is -2.53. The molecular formula is C32H37N7O5S. The summed E-state index contributed by atoms with van der Waals surface area (Å²) in [4.78, 5) is 25.3. The van der Waals surface area contributed by atoms with Crippen LogP contribution < -0.4 is 26.0 Å². The highest BCUT2D eigenvalue weighted by molar-refractivity contribution is 7.89. The predicted molar refractivity (Wildman–Crippen MR) is 172 cm³/mol. The third kappa shape index (κ3) is 7.57. The topological polar surface area (TPSA) is 166 Å². The van der Waals surface area contributed by atoms with Crippen LogP contribution in [0.2, 0.25) is 0 Å². The summed E-state index contributed by atoms with van der Waals surface area (Å²) in [5, 5.41) is 27.3. The Morgan fingerprint density at radius 1 is 1.07 bits per heavy atom. The Balaban J connectivity index is 1.23. The number of carbonyl (C=O) groups is 2. The molecule has 1 amide bonds. The van der Waals surface area contributed by atoms with Crippen LogP contribution in [0.5, 0.6) is 0 Å². The molecule has 0 radical (unpaired) electrons. The Morgan fingerprint density at radius 3 is 2.51 bits per heavy atom. The first-order valence-corrected chi connectivity index (χ1v) is 16.1. The van der Waals surface area contributed by atoms with Gasteiger partial charge in [0.25, 0.3) is 5.91 Å². The van der Waals surface area contributed by atoms with Gasteiger partial charge in [-0.3, -0.25) is 24.9 Å². The van der Waals surface area contributed by atoms with E-state index in [1.54, 1.807) is 44.3 Å². The zero-order chi connectivity index (χ0) is 32.0. The molecule has 3 aromatic carbocycles. The molecular weight excluding hydrogens is 594 g/mol. The van der Waals surface area contributed by atoms with Crippen LogP contribution >= 0.6 is 0 Å². The van der Waals surface area contributed by atoms with E-state index in [0.717, 1.165) is 36.2 Å². The average Bonchev–Trinajstić information content (AvgIpc) is 3.44. The van der Waals surface area contributed by atoms with Crippen LogP contribution in [0.4, 0.5) is 0 Å². The van der Waals surface area contributed by atoms with Crippen LogP contribution in [0, 0.1) is 13.8 Å². The average molecular weight is 632 g/mol. The molecule has 0 bridgehead atoms. The molecule has 13 heteroatoms. The number of carboxylic acid groups (broad SMARTS) is 1. The SMILES string of the molecule is Cc1cc(-c2ccccc2)cc(C)c1S(=O)(=O)NC(CNC(=O)c1cccc2c1cnn2CCCNC1NC=CCN1)C(=O)O. The zero-order valence-corrected chi connectivity index (χ0v) is 25.9. The molecule has 0 spiro atoms. The van der Waals surface area contributed by atoms with Crippen LogP contribution in [-0.4, -0.2) is 67.1 Å². The number of sulfonamides is 1. The van der Waals surface area contributed by atoms with E-state index in [2.05, 4.69) is 31.1 Å². The third-order valence-corrected chi connectivity index (χ3v) is 9.32. The summed E-state index contributed by atoms with van der Waals surface area (Å²) in [5.74, 6) is -1.95. The summed E-state index contributed by atoms with van der Waals surface area (Å²) in [7, 11) is -4.24. The largest absolute Gasteiger partial charge is 0.480 e. The van der Waals surface area contributed by atoms with Gasteiger partial charge in [-0.15, -0.1) is 0 Å². The maximum atomic E-state index is 13.4. The first kappa shape index (κ1) is 31.9. The quantitative estimate of drug-likeness (QED) is 0.122. The Bertz CT molecular complexity index is 1800. The highest BCUT2D eigenvalue weighted by atomic mass is 32.2. The fraction of sp³-hybridized carbons (Fsp3) is 0.281. The van der Waals surface area contributed by atoms with Gasteiger partial charge in [-0.25, -0.2) is 8.42 Å². The van der Waals surface area contributed by atoms with E-state index in [1.165, 1.54) is 0 Å². The number of aryl methyl sites for hydroxylation is 3. The molecule has 236 valence electrons. The van der Waals surface area contributed by atoms with Crippen molar-refractivity contribution < 1.29 is 23.1 Å². The molecule has 1 aromatic heterocycles. The molecule has 2 unspecified atom stereocenters. The summed E-state index contributed by atoms with van der Waals surface area (Å²) in [5.41, 5.74) is 3.83. The number of benzene rings is 3. The zero-order valence-electron chi connectivity index (χ0n) is 25.1. The first-order chi connectivity index (χ1) is 21.6. The van der Waals surface area contributed by atoms with Gasteiger partial charge in [0.15, 0.2) is 0 Å². The Kier molecular flexibility index (Phi) is 9.93. The van der Waals surface area contributed by atoms with Crippen LogP contribution in [0.25, 0.3) is 22.0 Å². The van der Waals surface area contributed by atoms with E-state index in [0.29, 0.717) is 28.6 Å². The normalized spacial score (nSPS) is 15.5. The lowest BCUT2D eigenvalue weighted by Gasteiger charge is -2.22. The smallest absolute Gasteiger partial charge is 0.323 e. The minimum Gasteiger partial charge on any atom is -0.480 e. The number of nitrogens with zero attached hydrogens (tertiary/aromatic N) is 2.